The Labute approximate surface area is 95.6 Å². The van der Waals surface area contributed by atoms with Crippen LogP contribution in [-0.4, -0.2) is 24.1 Å². The van der Waals surface area contributed by atoms with Crippen LogP contribution in [0.1, 0.15) is 10.4 Å². The second-order valence-corrected chi connectivity index (χ2v) is 3.19. The van der Waals surface area contributed by atoms with E-state index in [1.807, 2.05) is 5.32 Å². The summed E-state index contributed by atoms with van der Waals surface area (Å²) in [5.41, 5.74) is -1.34. The molecule has 0 aliphatic carbocycles. The molecular formula is C11H10F3NO2. The fraction of sp³-hybridized carbons (Fsp3) is 0.182. The average Bonchev–Trinajstić information content (AvgIpc) is 2.24. The molecule has 3 nitrogen and oxygen atoms in total. The van der Waals surface area contributed by atoms with Gasteiger partial charge in [0.15, 0.2) is 5.78 Å². The van der Waals surface area contributed by atoms with Crippen LogP contribution in [0.25, 0.3) is 0 Å². The van der Waals surface area contributed by atoms with E-state index in [1.54, 1.807) is 0 Å². The van der Waals surface area contributed by atoms with Crippen molar-refractivity contribution in [1.82, 2.24) is 5.32 Å². The van der Waals surface area contributed by atoms with Crippen molar-refractivity contribution in [1.29, 1.82) is 0 Å². The van der Waals surface area contributed by atoms with Crippen LogP contribution in [0.4, 0.5) is 13.2 Å². The van der Waals surface area contributed by atoms with Crippen LogP contribution < -0.4 is 5.32 Å². The van der Waals surface area contributed by atoms with E-state index >= 15 is 0 Å². The van der Waals surface area contributed by atoms with Gasteiger partial charge >= 0.3 is 6.18 Å². The minimum Gasteiger partial charge on any atom is -0.507 e. The number of carbonyl (C=O) groups is 1. The molecule has 0 heterocycles. The van der Waals surface area contributed by atoms with Gasteiger partial charge in [0, 0.05) is 13.1 Å². The Kier molecular flexibility index (Phi) is 3.77. The number of halogens is 3. The molecule has 0 bridgehead atoms. The molecular weight excluding hydrogens is 235 g/mol. The van der Waals surface area contributed by atoms with Crippen LogP contribution in [0.5, 0.6) is 5.75 Å². The first-order chi connectivity index (χ1) is 7.86. The number of carbonyl (C=O) groups excluding carboxylic acids is 1. The number of para-hydroxylation sites is 1. The lowest BCUT2D eigenvalue weighted by Crippen LogP contribution is -2.24. The molecule has 0 unspecified atom stereocenters. The monoisotopic (exact) mass is 245 g/mol. The SMILES string of the molecule is CN/C(=C\C(=O)c1ccccc1O)C(F)(F)F. The Morgan fingerprint density at radius 2 is 1.94 bits per heavy atom. The summed E-state index contributed by atoms with van der Waals surface area (Å²) in [5.74, 6) is -1.27. The molecule has 0 saturated carbocycles. The van der Waals surface area contributed by atoms with Crippen LogP contribution in [0.15, 0.2) is 36.0 Å². The normalized spacial score (nSPS) is 12.4. The summed E-state index contributed by atoms with van der Waals surface area (Å²) in [7, 11) is 1.07. The summed E-state index contributed by atoms with van der Waals surface area (Å²) < 4.78 is 37.1. The quantitative estimate of drug-likeness (QED) is 0.634. The number of ketones is 1. The molecule has 0 atom stereocenters. The van der Waals surface area contributed by atoms with Crippen LogP contribution >= 0.6 is 0 Å². The number of rotatable bonds is 3. The highest BCUT2D eigenvalue weighted by atomic mass is 19.4. The van der Waals surface area contributed by atoms with Gasteiger partial charge in [0.1, 0.15) is 11.4 Å². The molecule has 0 spiro atoms. The van der Waals surface area contributed by atoms with Crippen molar-refractivity contribution in [2.24, 2.45) is 0 Å². The molecule has 2 N–H and O–H groups in total. The molecule has 17 heavy (non-hydrogen) atoms. The molecule has 0 radical (unpaired) electrons. The van der Waals surface area contributed by atoms with Gasteiger partial charge in [0.2, 0.25) is 0 Å². The third-order valence-corrected chi connectivity index (χ3v) is 2.02. The number of hydrogen-bond donors (Lipinski definition) is 2. The molecule has 1 rings (SSSR count). The van der Waals surface area contributed by atoms with E-state index in [2.05, 4.69) is 0 Å². The molecule has 0 aromatic heterocycles. The van der Waals surface area contributed by atoms with E-state index in [9.17, 15) is 23.1 Å². The van der Waals surface area contributed by atoms with Crippen LogP contribution in [-0.2, 0) is 0 Å². The maximum absolute atomic E-state index is 12.4. The number of nitrogens with one attached hydrogen (secondary N) is 1. The Hall–Kier alpha value is -1.98. The van der Waals surface area contributed by atoms with Gasteiger partial charge in [-0.05, 0) is 12.1 Å². The lowest BCUT2D eigenvalue weighted by molar-refractivity contribution is -0.0960. The number of aromatic hydroxyl groups is 1. The van der Waals surface area contributed by atoms with Gasteiger partial charge in [0.25, 0.3) is 0 Å². The molecule has 0 saturated heterocycles. The zero-order valence-corrected chi connectivity index (χ0v) is 8.88. The maximum atomic E-state index is 12.4. The van der Waals surface area contributed by atoms with E-state index < -0.39 is 17.7 Å². The first-order valence-corrected chi connectivity index (χ1v) is 4.65. The molecule has 0 fully saturated rings. The summed E-state index contributed by atoms with van der Waals surface area (Å²) in [6.07, 6.45) is -4.22. The highest BCUT2D eigenvalue weighted by Gasteiger charge is 2.33. The van der Waals surface area contributed by atoms with Gasteiger partial charge in [-0.1, -0.05) is 12.1 Å². The van der Waals surface area contributed by atoms with Gasteiger partial charge in [0.05, 0.1) is 5.56 Å². The minimum atomic E-state index is -4.63. The number of hydrogen-bond acceptors (Lipinski definition) is 3. The van der Waals surface area contributed by atoms with Gasteiger partial charge in [-0.2, -0.15) is 13.2 Å². The van der Waals surface area contributed by atoms with E-state index in [0.717, 1.165) is 7.05 Å². The zero-order chi connectivity index (χ0) is 13.1. The highest BCUT2D eigenvalue weighted by molar-refractivity contribution is 6.06. The molecule has 0 amide bonds. The standard InChI is InChI=1S/C11H10F3NO2/c1-15-10(11(12,13)14)6-9(17)7-4-2-3-5-8(7)16/h2-6,15-16H,1H3/b10-6-. The van der Waals surface area contributed by atoms with E-state index in [4.69, 9.17) is 0 Å². The number of phenols is 1. The zero-order valence-electron chi connectivity index (χ0n) is 8.88. The Bertz CT molecular complexity index is 452. The Morgan fingerprint density at radius 3 is 2.41 bits per heavy atom. The summed E-state index contributed by atoms with van der Waals surface area (Å²) in [6.45, 7) is 0. The van der Waals surface area contributed by atoms with Gasteiger partial charge < -0.3 is 10.4 Å². The average molecular weight is 245 g/mol. The fourth-order valence-electron chi connectivity index (χ4n) is 1.19. The smallest absolute Gasteiger partial charge is 0.431 e. The summed E-state index contributed by atoms with van der Waals surface area (Å²) in [5, 5.41) is 11.2. The van der Waals surface area contributed by atoms with Gasteiger partial charge in [-0.25, -0.2) is 0 Å². The van der Waals surface area contributed by atoms with E-state index in [-0.39, 0.29) is 11.3 Å². The van der Waals surface area contributed by atoms with Gasteiger partial charge in [-0.15, -0.1) is 0 Å². The fourth-order valence-corrected chi connectivity index (χ4v) is 1.19. The second kappa shape index (κ2) is 4.90. The van der Waals surface area contributed by atoms with Crippen LogP contribution in [0.3, 0.4) is 0 Å². The summed E-state index contributed by atoms with van der Waals surface area (Å²) >= 11 is 0. The van der Waals surface area contributed by atoms with E-state index in [1.165, 1.54) is 24.3 Å². The third-order valence-electron chi connectivity index (χ3n) is 2.02. The predicted octanol–water partition coefficient (Wildman–Crippen LogP) is 2.24. The summed E-state index contributed by atoms with van der Waals surface area (Å²) in [6, 6.07) is 5.40. The van der Waals surface area contributed by atoms with Crippen molar-refractivity contribution < 1.29 is 23.1 Å². The van der Waals surface area contributed by atoms with Crippen molar-refractivity contribution in [3.8, 4) is 5.75 Å². The number of allylic oxidation sites excluding steroid dienone is 2. The van der Waals surface area contributed by atoms with Crippen molar-refractivity contribution in [3.05, 3.63) is 41.6 Å². The van der Waals surface area contributed by atoms with E-state index in [0.29, 0.717) is 6.08 Å². The lowest BCUT2D eigenvalue weighted by atomic mass is 10.1. The predicted molar refractivity (Wildman–Crippen MR) is 55.6 cm³/mol. The number of benzene rings is 1. The highest BCUT2D eigenvalue weighted by Crippen LogP contribution is 2.24. The first-order valence-electron chi connectivity index (χ1n) is 4.65. The largest absolute Gasteiger partial charge is 0.507 e. The molecule has 1 aromatic rings. The Balaban J connectivity index is 3.07. The topological polar surface area (TPSA) is 49.3 Å². The summed E-state index contributed by atoms with van der Waals surface area (Å²) in [4.78, 5) is 11.5. The molecule has 0 aliphatic heterocycles. The molecule has 1 aromatic carbocycles. The first kappa shape index (κ1) is 13.1. The second-order valence-electron chi connectivity index (χ2n) is 3.19. The number of alkyl halides is 3. The third kappa shape index (κ3) is 3.24. The van der Waals surface area contributed by atoms with Gasteiger partial charge in [-0.3, -0.25) is 4.79 Å². The van der Waals surface area contributed by atoms with Crippen molar-refractivity contribution in [2.75, 3.05) is 7.05 Å². The van der Waals surface area contributed by atoms with Crippen molar-refractivity contribution >= 4 is 5.78 Å². The van der Waals surface area contributed by atoms with Crippen molar-refractivity contribution in [3.63, 3.8) is 0 Å². The maximum Gasteiger partial charge on any atom is 0.431 e. The molecule has 92 valence electrons. The Morgan fingerprint density at radius 1 is 1.35 bits per heavy atom. The molecule has 0 aliphatic rings. The minimum absolute atomic E-state index is 0.176. The number of phenolic OH excluding ortho intramolecular Hbond substituents is 1. The molecule has 6 heteroatoms. The lowest BCUT2D eigenvalue weighted by Gasteiger charge is -2.10. The van der Waals surface area contributed by atoms with Crippen LogP contribution in [0.2, 0.25) is 0 Å². The van der Waals surface area contributed by atoms with Crippen LogP contribution in [0, 0.1) is 0 Å². The van der Waals surface area contributed by atoms with Crippen molar-refractivity contribution in [2.45, 2.75) is 6.18 Å².